The molecule has 0 spiro atoms. The van der Waals surface area contributed by atoms with Gasteiger partial charge in [-0.15, -0.1) is 0 Å². The summed E-state index contributed by atoms with van der Waals surface area (Å²) in [6.07, 6.45) is 3.44. The van der Waals surface area contributed by atoms with Gasteiger partial charge >= 0.3 is 7.82 Å². The average Bonchev–Trinajstić information content (AvgIpc) is 2.01. The molecule has 0 bridgehead atoms. The zero-order chi connectivity index (χ0) is 11.9. The molecule has 0 aromatic carbocycles. The van der Waals surface area contributed by atoms with E-state index >= 15 is 0 Å². The SMILES string of the molecule is CC(C)Nc1ncccn1.O=P(O)(O)O. The highest BCUT2D eigenvalue weighted by atomic mass is 31.2. The molecule has 0 fully saturated rings. The number of nitrogens with zero attached hydrogens (tertiary/aromatic N) is 2. The fourth-order valence-electron chi connectivity index (χ4n) is 0.632. The second-order valence-corrected chi connectivity index (χ2v) is 3.91. The Hall–Kier alpha value is -1.01. The number of hydrogen-bond donors (Lipinski definition) is 4. The van der Waals surface area contributed by atoms with Crippen LogP contribution in [0, 0.1) is 0 Å². The average molecular weight is 235 g/mol. The summed E-state index contributed by atoms with van der Waals surface area (Å²) in [6.45, 7) is 4.10. The smallest absolute Gasteiger partial charge is 0.352 e. The van der Waals surface area contributed by atoms with Gasteiger partial charge in [-0.2, -0.15) is 0 Å². The van der Waals surface area contributed by atoms with Crippen molar-refractivity contribution in [2.75, 3.05) is 5.32 Å². The molecule has 0 atom stereocenters. The Kier molecular flexibility index (Phi) is 6.03. The highest BCUT2D eigenvalue weighted by molar-refractivity contribution is 7.45. The lowest BCUT2D eigenvalue weighted by atomic mass is 10.4. The zero-order valence-electron chi connectivity index (χ0n) is 8.40. The maximum Gasteiger partial charge on any atom is 0.466 e. The van der Waals surface area contributed by atoms with Gasteiger partial charge in [-0.3, -0.25) is 0 Å². The molecule has 0 amide bonds. The highest BCUT2D eigenvalue weighted by Gasteiger charge is 2.00. The lowest BCUT2D eigenvalue weighted by molar-refractivity contribution is 0.275. The largest absolute Gasteiger partial charge is 0.466 e. The molecule has 15 heavy (non-hydrogen) atoms. The third-order valence-corrected chi connectivity index (χ3v) is 0.984. The monoisotopic (exact) mass is 235 g/mol. The molecule has 86 valence electrons. The molecule has 1 aromatic rings. The van der Waals surface area contributed by atoms with Crippen LogP contribution in [0.15, 0.2) is 18.5 Å². The predicted octanol–water partition coefficient (Wildman–Crippen LogP) is 0.368. The number of phosphoric acid groups is 1. The molecule has 8 heteroatoms. The first-order valence-electron chi connectivity index (χ1n) is 4.11. The summed E-state index contributed by atoms with van der Waals surface area (Å²) < 4.78 is 8.88. The molecule has 1 heterocycles. The second-order valence-electron chi connectivity index (χ2n) is 2.88. The molecule has 0 aliphatic rings. The van der Waals surface area contributed by atoms with Crippen molar-refractivity contribution in [2.24, 2.45) is 0 Å². The number of aromatic nitrogens is 2. The Morgan fingerprint density at radius 1 is 1.27 bits per heavy atom. The molecular weight excluding hydrogens is 221 g/mol. The zero-order valence-corrected chi connectivity index (χ0v) is 9.30. The van der Waals surface area contributed by atoms with E-state index in [0.29, 0.717) is 12.0 Å². The first kappa shape index (κ1) is 14.0. The highest BCUT2D eigenvalue weighted by Crippen LogP contribution is 2.25. The van der Waals surface area contributed by atoms with Gasteiger partial charge < -0.3 is 20.0 Å². The topological polar surface area (TPSA) is 116 Å². The van der Waals surface area contributed by atoms with Crippen LogP contribution in [0.3, 0.4) is 0 Å². The van der Waals surface area contributed by atoms with Crippen molar-refractivity contribution in [1.82, 2.24) is 9.97 Å². The standard InChI is InChI=1S/C7H11N3.H3O4P/c1-6(2)10-7-8-4-3-5-9-7;1-5(2,3)4/h3-6H,1-2H3,(H,8,9,10);(H3,1,2,3,4). The van der Waals surface area contributed by atoms with E-state index in [1.807, 2.05) is 0 Å². The van der Waals surface area contributed by atoms with E-state index in [2.05, 4.69) is 29.1 Å². The lowest BCUT2D eigenvalue weighted by Crippen LogP contribution is -2.11. The van der Waals surface area contributed by atoms with Crippen LogP contribution in [0.25, 0.3) is 0 Å². The van der Waals surface area contributed by atoms with Crippen LogP contribution in [0.5, 0.6) is 0 Å². The quantitative estimate of drug-likeness (QED) is 0.547. The van der Waals surface area contributed by atoms with Crippen LogP contribution in [-0.2, 0) is 4.57 Å². The fraction of sp³-hybridized carbons (Fsp3) is 0.429. The normalized spacial score (nSPS) is 10.5. The van der Waals surface area contributed by atoms with E-state index in [-0.39, 0.29) is 0 Å². The van der Waals surface area contributed by atoms with Gasteiger partial charge in [0.2, 0.25) is 5.95 Å². The minimum Gasteiger partial charge on any atom is -0.352 e. The number of anilines is 1. The van der Waals surface area contributed by atoms with E-state index in [1.165, 1.54) is 0 Å². The number of nitrogens with one attached hydrogen (secondary N) is 1. The molecule has 1 rings (SSSR count). The maximum absolute atomic E-state index is 8.88. The van der Waals surface area contributed by atoms with E-state index in [4.69, 9.17) is 19.2 Å². The minimum atomic E-state index is -4.64. The summed E-state index contributed by atoms with van der Waals surface area (Å²) in [6, 6.07) is 2.19. The van der Waals surface area contributed by atoms with Crippen molar-refractivity contribution in [2.45, 2.75) is 19.9 Å². The van der Waals surface area contributed by atoms with Crippen LogP contribution in [0.1, 0.15) is 13.8 Å². The van der Waals surface area contributed by atoms with Gasteiger partial charge in [0.1, 0.15) is 0 Å². The fourth-order valence-corrected chi connectivity index (χ4v) is 0.632. The number of rotatable bonds is 2. The number of hydrogen-bond acceptors (Lipinski definition) is 4. The third-order valence-electron chi connectivity index (χ3n) is 0.984. The van der Waals surface area contributed by atoms with Crippen LogP contribution in [-0.4, -0.2) is 30.7 Å². The van der Waals surface area contributed by atoms with Gasteiger partial charge in [-0.05, 0) is 19.9 Å². The van der Waals surface area contributed by atoms with E-state index < -0.39 is 7.82 Å². The molecule has 0 saturated heterocycles. The first-order valence-corrected chi connectivity index (χ1v) is 5.67. The van der Waals surface area contributed by atoms with Crippen LogP contribution < -0.4 is 5.32 Å². The van der Waals surface area contributed by atoms with Crippen molar-refractivity contribution in [3.05, 3.63) is 18.5 Å². The Bertz CT molecular complexity index is 305. The van der Waals surface area contributed by atoms with Crippen LogP contribution in [0.2, 0.25) is 0 Å². The summed E-state index contributed by atoms with van der Waals surface area (Å²) in [4.78, 5) is 29.6. The van der Waals surface area contributed by atoms with Crippen molar-refractivity contribution in [3.63, 3.8) is 0 Å². The Labute approximate surface area is 87.5 Å². The summed E-state index contributed by atoms with van der Waals surface area (Å²) in [7, 11) is -4.64. The molecule has 0 radical (unpaired) electrons. The molecule has 0 aliphatic heterocycles. The molecule has 4 N–H and O–H groups in total. The van der Waals surface area contributed by atoms with Crippen LogP contribution >= 0.6 is 7.82 Å². The second kappa shape index (κ2) is 6.47. The molecule has 0 aliphatic carbocycles. The van der Waals surface area contributed by atoms with Gasteiger partial charge in [0.15, 0.2) is 0 Å². The molecule has 0 saturated carbocycles. The van der Waals surface area contributed by atoms with E-state index in [1.54, 1.807) is 18.5 Å². The van der Waals surface area contributed by atoms with Gasteiger partial charge in [-0.25, -0.2) is 14.5 Å². The Morgan fingerprint density at radius 3 is 2.00 bits per heavy atom. The minimum absolute atomic E-state index is 0.391. The summed E-state index contributed by atoms with van der Waals surface area (Å²) in [5, 5.41) is 3.08. The van der Waals surface area contributed by atoms with Crippen molar-refractivity contribution in [3.8, 4) is 0 Å². The molecule has 1 aromatic heterocycles. The van der Waals surface area contributed by atoms with Crippen molar-refractivity contribution < 1.29 is 19.2 Å². The van der Waals surface area contributed by atoms with Gasteiger partial charge in [-0.1, -0.05) is 0 Å². The van der Waals surface area contributed by atoms with E-state index in [0.717, 1.165) is 0 Å². The van der Waals surface area contributed by atoms with Crippen molar-refractivity contribution in [1.29, 1.82) is 0 Å². The third kappa shape index (κ3) is 13.0. The Balaban J connectivity index is 0.000000336. The molecule has 7 nitrogen and oxygen atoms in total. The predicted molar refractivity (Wildman–Crippen MR) is 55.1 cm³/mol. The summed E-state index contributed by atoms with van der Waals surface area (Å²) in [5.41, 5.74) is 0. The Morgan fingerprint density at radius 2 is 1.67 bits per heavy atom. The van der Waals surface area contributed by atoms with Gasteiger partial charge in [0.05, 0.1) is 0 Å². The lowest BCUT2D eigenvalue weighted by Gasteiger charge is -2.05. The van der Waals surface area contributed by atoms with Crippen molar-refractivity contribution >= 4 is 13.8 Å². The van der Waals surface area contributed by atoms with Crippen LogP contribution in [0.4, 0.5) is 5.95 Å². The molecular formula is C7H14N3O4P. The van der Waals surface area contributed by atoms with Gasteiger partial charge in [0, 0.05) is 18.4 Å². The molecule has 0 unspecified atom stereocenters. The summed E-state index contributed by atoms with van der Waals surface area (Å²) in [5.74, 6) is 0.692. The van der Waals surface area contributed by atoms with E-state index in [9.17, 15) is 0 Å². The maximum atomic E-state index is 8.88. The van der Waals surface area contributed by atoms with Gasteiger partial charge in [0.25, 0.3) is 0 Å². The first-order chi connectivity index (χ1) is 6.79. The summed E-state index contributed by atoms with van der Waals surface area (Å²) >= 11 is 0.